The van der Waals surface area contributed by atoms with Crippen molar-refractivity contribution in [2.75, 3.05) is 33.3 Å². The van der Waals surface area contributed by atoms with Crippen molar-refractivity contribution in [1.82, 2.24) is 9.21 Å². The molecule has 1 amide bonds. The second-order valence-electron chi connectivity index (χ2n) is 6.11. The van der Waals surface area contributed by atoms with E-state index in [4.69, 9.17) is 4.74 Å². The zero-order chi connectivity index (χ0) is 19.6. The molecule has 2 N–H and O–H groups in total. The molecular weight excluding hydrogens is 372 g/mol. The third-order valence-corrected chi connectivity index (χ3v) is 6.29. The Kier molecular flexibility index (Phi) is 5.24. The third kappa shape index (κ3) is 3.99. The van der Waals surface area contributed by atoms with Gasteiger partial charge in [0, 0.05) is 37.8 Å². The van der Waals surface area contributed by atoms with Crippen molar-refractivity contribution < 1.29 is 28.2 Å². The maximum atomic E-state index is 12.7. The van der Waals surface area contributed by atoms with Crippen LogP contribution in [0.5, 0.6) is 17.2 Å². The van der Waals surface area contributed by atoms with Crippen LogP contribution in [-0.2, 0) is 10.0 Å². The minimum atomic E-state index is -3.65. The van der Waals surface area contributed by atoms with Crippen molar-refractivity contribution in [1.29, 1.82) is 0 Å². The van der Waals surface area contributed by atoms with Gasteiger partial charge in [0.15, 0.2) is 0 Å². The second kappa shape index (κ2) is 7.45. The number of amides is 1. The molecule has 0 unspecified atom stereocenters. The Balaban J connectivity index is 1.69. The van der Waals surface area contributed by atoms with Gasteiger partial charge in [-0.1, -0.05) is 0 Å². The van der Waals surface area contributed by atoms with Gasteiger partial charge in [0.25, 0.3) is 5.91 Å². The Morgan fingerprint density at radius 2 is 1.52 bits per heavy atom. The third-order valence-electron chi connectivity index (χ3n) is 4.37. The number of phenols is 2. The van der Waals surface area contributed by atoms with E-state index in [0.29, 0.717) is 5.75 Å². The number of benzene rings is 2. The van der Waals surface area contributed by atoms with Gasteiger partial charge in [-0.2, -0.15) is 4.31 Å². The highest BCUT2D eigenvalue weighted by atomic mass is 32.2. The van der Waals surface area contributed by atoms with Gasteiger partial charge in [0.05, 0.1) is 12.0 Å². The molecule has 0 saturated carbocycles. The number of aromatic hydroxyl groups is 2. The number of rotatable bonds is 4. The van der Waals surface area contributed by atoms with Crippen molar-refractivity contribution in [3.8, 4) is 17.2 Å². The van der Waals surface area contributed by atoms with Gasteiger partial charge in [0.1, 0.15) is 17.2 Å². The molecule has 0 atom stereocenters. The number of nitrogens with zero attached hydrogens (tertiary/aromatic N) is 2. The largest absolute Gasteiger partial charge is 0.508 e. The molecule has 1 fully saturated rings. The summed E-state index contributed by atoms with van der Waals surface area (Å²) >= 11 is 0. The summed E-state index contributed by atoms with van der Waals surface area (Å²) in [5.74, 6) is -0.223. The highest BCUT2D eigenvalue weighted by molar-refractivity contribution is 7.89. The van der Waals surface area contributed by atoms with Crippen LogP contribution in [-0.4, -0.2) is 67.0 Å². The number of carbonyl (C=O) groups is 1. The highest BCUT2D eigenvalue weighted by Crippen LogP contribution is 2.24. The summed E-state index contributed by atoms with van der Waals surface area (Å²) in [6.45, 7) is 0.741. The van der Waals surface area contributed by atoms with Crippen LogP contribution >= 0.6 is 0 Å². The lowest BCUT2D eigenvalue weighted by atomic mass is 10.1. The molecule has 8 nitrogen and oxygen atoms in total. The quantitative estimate of drug-likeness (QED) is 0.811. The summed E-state index contributed by atoms with van der Waals surface area (Å²) in [5.41, 5.74) is 0.152. The minimum absolute atomic E-state index is 0.152. The van der Waals surface area contributed by atoms with E-state index in [0.717, 1.165) is 6.07 Å². The van der Waals surface area contributed by atoms with Gasteiger partial charge in [-0.05, 0) is 36.4 Å². The predicted octanol–water partition coefficient (Wildman–Crippen LogP) is 1.25. The van der Waals surface area contributed by atoms with Gasteiger partial charge < -0.3 is 19.8 Å². The summed E-state index contributed by atoms with van der Waals surface area (Å²) in [4.78, 5) is 14.2. The molecule has 9 heteroatoms. The molecular formula is C18H20N2O6S. The molecule has 27 heavy (non-hydrogen) atoms. The molecule has 2 aromatic carbocycles. The van der Waals surface area contributed by atoms with Gasteiger partial charge >= 0.3 is 0 Å². The second-order valence-corrected chi connectivity index (χ2v) is 8.05. The van der Waals surface area contributed by atoms with Crippen LogP contribution in [0.3, 0.4) is 0 Å². The monoisotopic (exact) mass is 392 g/mol. The summed E-state index contributed by atoms with van der Waals surface area (Å²) in [6.07, 6.45) is 0. The maximum absolute atomic E-state index is 12.7. The zero-order valence-electron chi connectivity index (χ0n) is 14.7. The van der Waals surface area contributed by atoms with Crippen LogP contribution in [0.2, 0.25) is 0 Å². The molecule has 0 aliphatic carbocycles. The highest BCUT2D eigenvalue weighted by Gasteiger charge is 2.30. The summed E-state index contributed by atoms with van der Waals surface area (Å²) in [5, 5.41) is 19.1. The van der Waals surface area contributed by atoms with Crippen LogP contribution in [0.4, 0.5) is 0 Å². The van der Waals surface area contributed by atoms with E-state index in [1.807, 2.05) is 0 Å². The molecule has 2 aromatic rings. The van der Waals surface area contributed by atoms with Crippen LogP contribution in [0, 0.1) is 0 Å². The van der Waals surface area contributed by atoms with Crippen LogP contribution in [0.1, 0.15) is 10.4 Å². The van der Waals surface area contributed by atoms with Crippen molar-refractivity contribution in [2.45, 2.75) is 4.90 Å². The first-order chi connectivity index (χ1) is 12.8. The normalized spacial score (nSPS) is 15.5. The Hall–Kier alpha value is -2.78. The van der Waals surface area contributed by atoms with Crippen molar-refractivity contribution >= 4 is 15.9 Å². The number of sulfonamides is 1. The first kappa shape index (κ1) is 19.0. The molecule has 0 spiro atoms. The first-order valence-electron chi connectivity index (χ1n) is 8.28. The van der Waals surface area contributed by atoms with Crippen LogP contribution < -0.4 is 4.74 Å². The molecule has 3 rings (SSSR count). The number of hydrogen-bond acceptors (Lipinski definition) is 6. The van der Waals surface area contributed by atoms with Crippen LogP contribution in [0.25, 0.3) is 0 Å². The summed E-state index contributed by atoms with van der Waals surface area (Å²) < 4.78 is 31.8. The molecule has 1 aliphatic heterocycles. The lowest BCUT2D eigenvalue weighted by Crippen LogP contribution is -2.50. The number of carbonyl (C=O) groups excluding carboxylic acids is 1. The smallest absolute Gasteiger partial charge is 0.254 e. The fourth-order valence-electron chi connectivity index (χ4n) is 2.93. The van der Waals surface area contributed by atoms with E-state index < -0.39 is 10.0 Å². The first-order valence-corrected chi connectivity index (χ1v) is 9.72. The molecule has 0 radical (unpaired) electrons. The molecule has 0 bridgehead atoms. The van der Waals surface area contributed by atoms with Crippen molar-refractivity contribution in [2.24, 2.45) is 0 Å². The van der Waals surface area contributed by atoms with E-state index >= 15 is 0 Å². The van der Waals surface area contributed by atoms with E-state index in [1.54, 1.807) is 12.1 Å². The standard InChI is InChI=1S/C18H20N2O6S/c1-26-16-2-4-17(5-3-16)27(24,25)20-8-6-19(7-9-20)18(23)13-10-14(21)12-15(22)11-13/h2-5,10-12,21-22H,6-9H2,1H3. The van der Waals surface area contributed by atoms with Gasteiger partial charge in [-0.3, -0.25) is 4.79 Å². The average molecular weight is 392 g/mol. The number of piperazine rings is 1. The van der Waals surface area contributed by atoms with E-state index in [-0.39, 0.29) is 54.0 Å². The minimum Gasteiger partial charge on any atom is -0.508 e. The van der Waals surface area contributed by atoms with Gasteiger partial charge in [0.2, 0.25) is 10.0 Å². The summed E-state index contributed by atoms with van der Waals surface area (Å²) in [7, 11) is -2.15. The lowest BCUT2D eigenvalue weighted by Gasteiger charge is -2.34. The number of ether oxygens (including phenoxy) is 1. The topological polar surface area (TPSA) is 107 Å². The number of hydrogen-bond donors (Lipinski definition) is 2. The molecule has 1 aliphatic rings. The Morgan fingerprint density at radius 1 is 0.963 bits per heavy atom. The van der Waals surface area contributed by atoms with Crippen molar-refractivity contribution in [3.05, 3.63) is 48.0 Å². The van der Waals surface area contributed by atoms with E-state index in [9.17, 15) is 23.4 Å². The Morgan fingerprint density at radius 3 is 2.04 bits per heavy atom. The SMILES string of the molecule is COc1ccc(S(=O)(=O)N2CCN(C(=O)c3cc(O)cc(O)c3)CC2)cc1. The maximum Gasteiger partial charge on any atom is 0.254 e. The fourth-order valence-corrected chi connectivity index (χ4v) is 4.35. The molecule has 1 heterocycles. The Bertz CT molecular complexity index is 915. The van der Waals surface area contributed by atoms with Gasteiger partial charge in [-0.15, -0.1) is 0 Å². The molecule has 144 valence electrons. The predicted molar refractivity (Wildman–Crippen MR) is 97.4 cm³/mol. The van der Waals surface area contributed by atoms with Gasteiger partial charge in [-0.25, -0.2) is 8.42 Å². The zero-order valence-corrected chi connectivity index (χ0v) is 15.5. The van der Waals surface area contributed by atoms with Crippen LogP contribution in [0.15, 0.2) is 47.4 Å². The lowest BCUT2D eigenvalue weighted by molar-refractivity contribution is 0.0697. The number of methoxy groups -OCH3 is 1. The molecule has 1 saturated heterocycles. The summed E-state index contributed by atoms with van der Waals surface area (Å²) in [6, 6.07) is 9.81. The number of phenolic OH excluding ortho intramolecular Hbond substituents is 2. The van der Waals surface area contributed by atoms with E-state index in [2.05, 4.69) is 0 Å². The van der Waals surface area contributed by atoms with Crippen molar-refractivity contribution in [3.63, 3.8) is 0 Å². The van der Waals surface area contributed by atoms with E-state index in [1.165, 1.54) is 40.6 Å². The average Bonchev–Trinajstić information content (AvgIpc) is 2.67. The Labute approximate surface area is 157 Å². The fraction of sp³-hybridized carbons (Fsp3) is 0.278. The molecule has 0 aromatic heterocycles.